The molecule has 0 heterocycles. The molecule has 0 radical (unpaired) electrons. The molecule has 4 nitrogen and oxygen atoms in total. The zero-order valence-electron chi connectivity index (χ0n) is 9.00. The minimum absolute atomic E-state index is 0.209. The first-order chi connectivity index (χ1) is 6.06. The number of nitrogens with one attached hydrogen (secondary N) is 1. The molecule has 4 heteroatoms. The molecule has 0 spiro atoms. The third-order valence-electron chi connectivity index (χ3n) is 1.44. The average Bonchev–Trinajstić information content (AvgIpc) is 2.01. The predicted molar refractivity (Wildman–Crippen MR) is 55.8 cm³/mol. The third kappa shape index (κ3) is 7.59. The number of hydrogen-bond acceptors (Lipinski definition) is 2. The molecule has 0 aliphatic heterocycles. The van der Waals surface area contributed by atoms with Crippen LogP contribution in [-0.2, 0) is 4.74 Å². The number of hydrogen-bond donors (Lipinski definition) is 2. The molecule has 0 aromatic rings. The Labute approximate surface area is 80.6 Å². The maximum Gasteiger partial charge on any atom is 0.188 e. The fourth-order valence-corrected chi connectivity index (χ4v) is 0.871. The third-order valence-corrected chi connectivity index (χ3v) is 1.44. The summed E-state index contributed by atoms with van der Waals surface area (Å²) in [6.45, 7) is 7.61. The number of ether oxygens (including phenoxy) is 1. The van der Waals surface area contributed by atoms with Crippen molar-refractivity contribution in [2.24, 2.45) is 16.6 Å². The summed E-state index contributed by atoms with van der Waals surface area (Å²) in [7, 11) is 1.67. The van der Waals surface area contributed by atoms with Gasteiger partial charge in [-0.2, -0.15) is 0 Å². The van der Waals surface area contributed by atoms with Crippen molar-refractivity contribution in [3.63, 3.8) is 0 Å². The fourth-order valence-electron chi connectivity index (χ4n) is 0.871. The van der Waals surface area contributed by atoms with Gasteiger partial charge in [-0.25, -0.2) is 0 Å². The molecule has 0 saturated heterocycles. The van der Waals surface area contributed by atoms with E-state index >= 15 is 0 Å². The second-order valence-corrected chi connectivity index (χ2v) is 3.62. The van der Waals surface area contributed by atoms with E-state index in [9.17, 15) is 0 Å². The van der Waals surface area contributed by atoms with Gasteiger partial charge in [-0.1, -0.05) is 13.8 Å². The van der Waals surface area contributed by atoms with Crippen molar-refractivity contribution in [3.05, 3.63) is 0 Å². The van der Waals surface area contributed by atoms with Crippen LogP contribution in [0.25, 0.3) is 0 Å². The van der Waals surface area contributed by atoms with Crippen molar-refractivity contribution in [3.8, 4) is 0 Å². The molecule has 0 amide bonds. The Kier molecular flexibility index (Phi) is 6.32. The number of nitrogens with two attached hydrogens (primary N) is 1. The molecule has 13 heavy (non-hydrogen) atoms. The van der Waals surface area contributed by atoms with E-state index in [-0.39, 0.29) is 6.04 Å². The van der Waals surface area contributed by atoms with E-state index in [0.29, 0.717) is 18.5 Å². The molecule has 0 aromatic heterocycles. The van der Waals surface area contributed by atoms with E-state index in [1.54, 1.807) is 7.11 Å². The summed E-state index contributed by atoms with van der Waals surface area (Å²) in [6.07, 6.45) is 0. The summed E-state index contributed by atoms with van der Waals surface area (Å²) in [5.41, 5.74) is 5.64. The molecular formula is C9H21N3O. The van der Waals surface area contributed by atoms with Crippen LogP contribution in [0.1, 0.15) is 20.8 Å². The highest BCUT2D eigenvalue weighted by atomic mass is 16.5. The maximum absolute atomic E-state index is 5.64. The van der Waals surface area contributed by atoms with Crippen LogP contribution in [0.5, 0.6) is 0 Å². The molecule has 1 unspecified atom stereocenters. The Morgan fingerprint density at radius 3 is 2.54 bits per heavy atom. The summed E-state index contributed by atoms with van der Waals surface area (Å²) in [6, 6.07) is 0.209. The number of rotatable bonds is 5. The predicted octanol–water partition coefficient (Wildman–Crippen LogP) is 0.582. The normalized spacial score (nSPS) is 14.7. The van der Waals surface area contributed by atoms with Crippen molar-refractivity contribution in [1.29, 1.82) is 0 Å². The Morgan fingerprint density at radius 1 is 1.46 bits per heavy atom. The van der Waals surface area contributed by atoms with Crippen LogP contribution in [0.4, 0.5) is 0 Å². The standard InChI is InChI=1S/C9H21N3O/c1-7(2)5-11-9(10)12-8(3)6-13-4/h7-8H,5-6H2,1-4H3,(H3,10,11,12). The van der Waals surface area contributed by atoms with Gasteiger partial charge in [0.2, 0.25) is 0 Å². The molecular weight excluding hydrogens is 166 g/mol. The van der Waals surface area contributed by atoms with E-state index in [1.807, 2.05) is 6.92 Å². The molecule has 0 rings (SSSR count). The number of aliphatic imine (C=N–C) groups is 1. The smallest absolute Gasteiger partial charge is 0.188 e. The van der Waals surface area contributed by atoms with Crippen molar-refractivity contribution < 1.29 is 4.74 Å². The minimum atomic E-state index is 0.209. The van der Waals surface area contributed by atoms with E-state index in [1.165, 1.54) is 0 Å². The summed E-state index contributed by atoms with van der Waals surface area (Å²) in [4.78, 5) is 4.17. The van der Waals surface area contributed by atoms with Gasteiger partial charge in [0, 0.05) is 19.7 Å². The van der Waals surface area contributed by atoms with Crippen molar-refractivity contribution in [2.75, 3.05) is 20.3 Å². The lowest BCUT2D eigenvalue weighted by Crippen LogP contribution is -2.40. The molecule has 78 valence electrons. The Hall–Kier alpha value is -0.770. The molecule has 1 atom stereocenters. The molecule has 0 fully saturated rings. The van der Waals surface area contributed by atoms with Crippen molar-refractivity contribution >= 4 is 5.96 Å². The Bertz CT molecular complexity index is 157. The maximum atomic E-state index is 5.64. The highest BCUT2D eigenvalue weighted by Crippen LogP contribution is 1.91. The summed E-state index contributed by atoms with van der Waals surface area (Å²) >= 11 is 0. The van der Waals surface area contributed by atoms with Gasteiger partial charge < -0.3 is 15.8 Å². The molecule has 0 aliphatic rings. The number of guanidine groups is 1. The van der Waals surface area contributed by atoms with E-state index in [0.717, 1.165) is 6.54 Å². The average molecular weight is 187 g/mol. The van der Waals surface area contributed by atoms with Gasteiger partial charge in [-0.15, -0.1) is 0 Å². The van der Waals surface area contributed by atoms with E-state index in [4.69, 9.17) is 10.5 Å². The Balaban J connectivity index is 3.70. The Morgan fingerprint density at radius 2 is 2.08 bits per heavy atom. The monoisotopic (exact) mass is 187 g/mol. The van der Waals surface area contributed by atoms with Gasteiger partial charge in [0.25, 0.3) is 0 Å². The van der Waals surface area contributed by atoms with Gasteiger partial charge in [0.15, 0.2) is 5.96 Å². The molecule has 0 aromatic carbocycles. The van der Waals surface area contributed by atoms with Gasteiger partial charge >= 0.3 is 0 Å². The zero-order valence-corrected chi connectivity index (χ0v) is 9.00. The summed E-state index contributed by atoms with van der Waals surface area (Å²) in [5, 5.41) is 3.04. The van der Waals surface area contributed by atoms with Gasteiger partial charge in [0.1, 0.15) is 0 Å². The second kappa shape index (κ2) is 6.71. The first kappa shape index (κ1) is 12.2. The van der Waals surface area contributed by atoms with Crippen molar-refractivity contribution in [2.45, 2.75) is 26.8 Å². The molecule has 0 saturated carbocycles. The van der Waals surface area contributed by atoms with Gasteiger partial charge in [-0.3, -0.25) is 4.99 Å². The number of methoxy groups -OCH3 is 1. The molecule has 3 N–H and O–H groups in total. The van der Waals surface area contributed by atoms with E-state index < -0.39 is 0 Å². The van der Waals surface area contributed by atoms with Crippen LogP contribution in [-0.4, -0.2) is 32.3 Å². The minimum Gasteiger partial charge on any atom is -0.383 e. The van der Waals surface area contributed by atoms with Gasteiger partial charge in [0.05, 0.1) is 6.61 Å². The van der Waals surface area contributed by atoms with Crippen LogP contribution in [0.3, 0.4) is 0 Å². The molecule has 0 bridgehead atoms. The van der Waals surface area contributed by atoms with Crippen LogP contribution in [0, 0.1) is 5.92 Å². The topological polar surface area (TPSA) is 59.6 Å². The van der Waals surface area contributed by atoms with Crippen LogP contribution in [0.2, 0.25) is 0 Å². The van der Waals surface area contributed by atoms with Gasteiger partial charge in [-0.05, 0) is 12.8 Å². The quantitative estimate of drug-likeness (QED) is 0.489. The first-order valence-electron chi connectivity index (χ1n) is 4.61. The lowest BCUT2D eigenvalue weighted by Gasteiger charge is -2.13. The lowest BCUT2D eigenvalue weighted by molar-refractivity contribution is 0.179. The van der Waals surface area contributed by atoms with E-state index in [2.05, 4.69) is 24.2 Å². The highest BCUT2D eigenvalue weighted by molar-refractivity contribution is 5.78. The molecule has 0 aliphatic carbocycles. The summed E-state index contributed by atoms with van der Waals surface area (Å²) in [5.74, 6) is 1.04. The summed E-state index contributed by atoms with van der Waals surface area (Å²) < 4.78 is 4.96. The second-order valence-electron chi connectivity index (χ2n) is 3.62. The van der Waals surface area contributed by atoms with Crippen molar-refractivity contribution in [1.82, 2.24) is 5.32 Å². The largest absolute Gasteiger partial charge is 0.383 e. The van der Waals surface area contributed by atoms with Crippen LogP contribution in [0.15, 0.2) is 4.99 Å². The van der Waals surface area contributed by atoms with Crippen LogP contribution >= 0.6 is 0 Å². The fraction of sp³-hybridized carbons (Fsp3) is 0.889. The zero-order chi connectivity index (χ0) is 10.3. The first-order valence-corrected chi connectivity index (χ1v) is 4.61. The highest BCUT2D eigenvalue weighted by Gasteiger charge is 2.01. The number of nitrogens with zero attached hydrogens (tertiary/aromatic N) is 1. The lowest BCUT2D eigenvalue weighted by atomic mass is 10.2. The SMILES string of the molecule is COCC(C)NC(N)=NCC(C)C. The van der Waals surface area contributed by atoms with Crippen LogP contribution < -0.4 is 11.1 Å².